The number of anilines is 2. The average Bonchev–Trinajstić information content (AvgIpc) is 1.16. The molecule has 4 fully saturated rings. The number of piperazine rings is 2. The van der Waals surface area contributed by atoms with E-state index < -0.39 is 76.4 Å². The van der Waals surface area contributed by atoms with E-state index in [1.54, 1.807) is 28.4 Å². The van der Waals surface area contributed by atoms with E-state index in [9.17, 15) is 54.3 Å². The number of aromatic nitrogens is 1. The average molecular weight is 1670 g/mol. The number of ether oxygens (including phenoxy) is 1. The molecule has 114 heavy (non-hydrogen) atoms. The van der Waals surface area contributed by atoms with Crippen molar-refractivity contribution in [3.8, 4) is 10.4 Å². The molecule has 4 saturated heterocycles. The summed E-state index contributed by atoms with van der Waals surface area (Å²) in [7, 11) is -11.0. The number of β-amino-alcohol motifs (C(OH)–C–C–N with tert-alkyl or cyclic N) is 1. The summed E-state index contributed by atoms with van der Waals surface area (Å²) in [5.41, 5.74) is 3.04. The van der Waals surface area contributed by atoms with Crippen LogP contribution in [0.3, 0.4) is 0 Å². The summed E-state index contributed by atoms with van der Waals surface area (Å²) in [6.45, 7) is 23.9. The van der Waals surface area contributed by atoms with Crippen LogP contribution >= 0.6 is 34.7 Å². The van der Waals surface area contributed by atoms with Gasteiger partial charge in [-0.25, -0.2) is 26.5 Å². The zero-order valence-electron chi connectivity index (χ0n) is 66.5. The van der Waals surface area contributed by atoms with Gasteiger partial charge in [-0.2, -0.15) is 13.2 Å². The highest BCUT2D eigenvalue weighted by Gasteiger charge is 2.49. The Balaban J connectivity index is 0.591. The van der Waals surface area contributed by atoms with Crippen LogP contribution in [-0.2, 0) is 39.0 Å². The molecule has 0 spiro atoms. The monoisotopic (exact) mass is 1670 g/mol. The predicted molar refractivity (Wildman–Crippen MR) is 447 cm³/mol. The number of benzene rings is 5. The number of rotatable bonds is 35. The predicted octanol–water partition coefficient (Wildman–Crippen LogP) is 13.7. The fourth-order valence-electron chi connectivity index (χ4n) is 16.1. The lowest BCUT2D eigenvalue weighted by molar-refractivity contribution is -0.142. The Morgan fingerprint density at radius 1 is 0.772 bits per heavy atom. The first-order chi connectivity index (χ1) is 54.4. The number of hydrogen-bond donors (Lipinski definition) is 5. The van der Waals surface area contributed by atoms with E-state index in [1.807, 2.05) is 116 Å². The quantitative estimate of drug-likeness (QED) is 0.0183. The van der Waals surface area contributed by atoms with Crippen LogP contribution in [0.15, 0.2) is 147 Å². The van der Waals surface area contributed by atoms with Crippen LogP contribution in [0.1, 0.15) is 158 Å². The molecule has 4 aliphatic heterocycles. The normalized spacial score (nSPS) is 20.0. The van der Waals surface area contributed by atoms with Crippen molar-refractivity contribution in [3.05, 3.63) is 160 Å². The number of aliphatic hydroxyl groups excluding tert-OH is 1. The van der Waals surface area contributed by atoms with Gasteiger partial charge in [0.25, 0.3) is 25.8 Å². The Morgan fingerprint density at radius 3 is 2.08 bits per heavy atom. The minimum absolute atomic E-state index is 0.0252. The van der Waals surface area contributed by atoms with Crippen LogP contribution in [0.25, 0.3) is 16.0 Å². The Kier molecular flexibility index (Phi) is 30.8. The highest BCUT2D eigenvalue weighted by molar-refractivity contribution is 7.99. The summed E-state index contributed by atoms with van der Waals surface area (Å²) < 4.78 is 105. The number of carbonyl (C=O) groups excluding carboxylic acids is 4. The molecule has 6 atom stereocenters. The maximum atomic E-state index is 14.4. The second-order valence-electron chi connectivity index (χ2n) is 32.6. The van der Waals surface area contributed by atoms with Gasteiger partial charge in [-0.1, -0.05) is 132 Å². The van der Waals surface area contributed by atoms with Crippen LogP contribution in [0, 0.1) is 17.8 Å². The number of morpholine rings is 1. The molecule has 4 amide bonds. The smallest absolute Gasteiger partial charge is 0.391 e. The van der Waals surface area contributed by atoms with E-state index in [2.05, 4.69) is 59.6 Å². The lowest BCUT2D eigenvalue weighted by Crippen LogP contribution is -2.56. The van der Waals surface area contributed by atoms with Gasteiger partial charge in [0.15, 0.2) is 0 Å². The first-order valence-electron chi connectivity index (χ1n) is 40.2. The number of thioether (sulfide) groups is 1. The SMILES string of the molecule is Cc1ncsc1-c1ccc([C@H](C)NC(=O)[C@@H]2C[C@@H](O)CN2C(=O)[C@@H](NCCCCCCCCCC(=O)N2CCN(CCC3(C)CCC(c4ccc(Cl)cc4)=C(CN4CCN(c5ccc(C(=O)NS(=O)(=O)c6ccc(N[C@H](CCN7CCOCC7)CSc7ccccc7)c(S(=O)(=O)C(F)(F)F)c6)cc5)CC4)C3)CC2)C(C)(C)C)cc1. The summed E-state index contributed by atoms with van der Waals surface area (Å²) in [5.74, 6) is -0.903. The van der Waals surface area contributed by atoms with Crippen molar-refractivity contribution in [2.24, 2.45) is 10.8 Å². The number of allylic oxidation sites excluding steroid dienone is 1. The number of nitrogens with zero attached hydrogens (tertiary/aromatic N) is 7. The topological polar surface area (TPSA) is 246 Å². The molecular weight excluding hydrogens is 1560 g/mol. The van der Waals surface area contributed by atoms with Gasteiger partial charge in [-0.3, -0.25) is 33.9 Å². The number of alkyl halides is 3. The third-order valence-corrected chi connectivity index (χ3v) is 28.2. The molecule has 1 aromatic heterocycles. The number of unbranched alkanes of at least 4 members (excludes halogenated alkanes) is 6. The molecule has 21 nitrogen and oxygen atoms in total. The number of sulfonamides is 1. The largest absolute Gasteiger partial charge is 0.501 e. The summed E-state index contributed by atoms with van der Waals surface area (Å²) in [5, 5.41) is 21.1. The van der Waals surface area contributed by atoms with Gasteiger partial charge < -0.3 is 40.5 Å². The second kappa shape index (κ2) is 40.0. The summed E-state index contributed by atoms with van der Waals surface area (Å²) in [4.78, 5) is 72.5. The van der Waals surface area contributed by atoms with Crippen molar-refractivity contribution in [1.82, 2.24) is 44.8 Å². The second-order valence-corrected chi connectivity index (χ2v) is 38.6. The fourth-order valence-corrected chi connectivity index (χ4v) is 20.0. The maximum absolute atomic E-state index is 14.4. The van der Waals surface area contributed by atoms with Crippen LogP contribution in [0.4, 0.5) is 24.5 Å². The standard InChI is InChI=1S/C85H113ClF3N11O10S4/c1-60(62-20-22-64(23-21-62)78-61(2)91-59-112-78)92-81(104)75-53-70(101)57-100(75)82(105)79(83(3,4)5)90-38-16-11-9-7-8-10-15-19-77(102)99-47-41-96(42-48-99)40-37-84(6)36-34-73(63-24-28-67(86)29-25-63)66(55-84)56-97-43-45-98(46-44-97)69-30-26-65(27-31-69)80(103)94-114(108,109)72-32-33-74(76(54-72)113(106,107)85(87,88)89)93-68(35-39-95-49-51-110-52-50-95)58-111-71-17-13-12-14-18-71/h12-14,17-18,20-33,54,59-60,68,70,75,79,90,93,101H,7-11,15-16,19,34-53,55-58H2,1-6H3,(H,92,104)(H,94,103)/t60-,68+,70+,75-,79+,84?/m0/s1. The number of amides is 4. The number of hydrogen-bond acceptors (Lipinski definition) is 19. The van der Waals surface area contributed by atoms with E-state index >= 15 is 0 Å². The molecule has 0 saturated carbocycles. The number of aliphatic hydroxyl groups is 1. The molecule has 620 valence electrons. The first kappa shape index (κ1) is 87.9. The number of aryl methyl sites for hydroxylation is 1. The maximum Gasteiger partial charge on any atom is 0.501 e. The van der Waals surface area contributed by atoms with Crippen LogP contribution in [0.2, 0.25) is 5.02 Å². The molecule has 5 aromatic carbocycles. The lowest BCUT2D eigenvalue weighted by atomic mass is 9.69. The van der Waals surface area contributed by atoms with Gasteiger partial charge in [-0.05, 0) is 172 Å². The minimum atomic E-state index is -6.10. The summed E-state index contributed by atoms with van der Waals surface area (Å²) in [6, 6.07) is 32.3. The van der Waals surface area contributed by atoms with Gasteiger partial charge in [0, 0.05) is 131 Å². The zero-order valence-corrected chi connectivity index (χ0v) is 70.6. The summed E-state index contributed by atoms with van der Waals surface area (Å²) in [6.07, 6.45) is 11.3. The highest BCUT2D eigenvalue weighted by Crippen LogP contribution is 2.46. The first-order valence-corrected chi connectivity index (χ1v) is 45.5. The van der Waals surface area contributed by atoms with Crippen molar-refractivity contribution in [1.29, 1.82) is 0 Å². The molecule has 29 heteroatoms. The molecule has 1 unspecified atom stereocenters. The number of carbonyl (C=O) groups is 4. The van der Waals surface area contributed by atoms with Gasteiger partial charge in [0.05, 0.1) is 58.1 Å². The van der Waals surface area contributed by atoms with Crippen molar-refractivity contribution < 1.29 is 59.0 Å². The molecule has 5 aliphatic rings. The van der Waals surface area contributed by atoms with Crippen molar-refractivity contribution in [3.63, 3.8) is 0 Å². The Bertz CT molecular complexity index is 4460. The van der Waals surface area contributed by atoms with E-state index in [0.29, 0.717) is 82.2 Å². The molecule has 6 aromatic rings. The number of thiazole rings is 1. The van der Waals surface area contributed by atoms with Crippen molar-refractivity contribution in [2.45, 2.75) is 182 Å². The third kappa shape index (κ3) is 23.9. The molecule has 5 heterocycles. The van der Waals surface area contributed by atoms with E-state index in [-0.39, 0.29) is 47.7 Å². The minimum Gasteiger partial charge on any atom is -0.391 e. The van der Waals surface area contributed by atoms with E-state index in [1.165, 1.54) is 40.6 Å². The van der Waals surface area contributed by atoms with Crippen LogP contribution < -0.4 is 25.6 Å². The van der Waals surface area contributed by atoms with Gasteiger partial charge in [0.1, 0.15) is 10.9 Å². The molecule has 0 radical (unpaired) electrons. The fraction of sp³-hybridized carbons (Fsp3) is 0.541. The molecule has 5 N–H and O–H groups in total. The molecule has 1 aliphatic carbocycles. The number of halogens is 4. The Morgan fingerprint density at radius 2 is 1.42 bits per heavy atom. The van der Waals surface area contributed by atoms with Gasteiger partial charge in [0.2, 0.25) is 17.7 Å². The third-order valence-electron chi connectivity index (χ3n) is 23.0. The molecule has 0 bridgehead atoms. The lowest BCUT2D eigenvalue weighted by Gasteiger charge is -2.42. The Labute approximate surface area is 684 Å². The van der Waals surface area contributed by atoms with Crippen LogP contribution in [0.5, 0.6) is 0 Å². The summed E-state index contributed by atoms with van der Waals surface area (Å²) >= 11 is 9.44. The van der Waals surface area contributed by atoms with Gasteiger partial charge >= 0.3 is 5.51 Å². The number of sulfone groups is 1. The molecule has 11 rings (SSSR count). The van der Waals surface area contributed by atoms with Crippen LogP contribution in [-0.4, -0.2) is 222 Å². The van der Waals surface area contributed by atoms with Crippen molar-refractivity contribution >= 4 is 95.1 Å². The van der Waals surface area contributed by atoms with E-state index in [0.717, 1.165) is 167 Å². The highest BCUT2D eigenvalue weighted by atomic mass is 35.5. The zero-order chi connectivity index (χ0) is 81.4. The number of nitrogens with one attached hydrogen (secondary N) is 4. The number of likely N-dealkylation sites (tertiary alicyclic amines) is 1. The molecular formula is C85H113ClF3N11O10S4. The van der Waals surface area contributed by atoms with E-state index in [4.69, 9.17) is 16.3 Å². The van der Waals surface area contributed by atoms with Crippen molar-refractivity contribution in [2.75, 3.05) is 127 Å². The van der Waals surface area contributed by atoms with Gasteiger partial charge in [-0.15, -0.1) is 23.1 Å². The Hall–Kier alpha value is -6.96.